The largest absolute Gasteiger partial charge is 0.352 e. The summed E-state index contributed by atoms with van der Waals surface area (Å²) in [5.74, 6) is 0.357. The summed E-state index contributed by atoms with van der Waals surface area (Å²) in [7, 11) is 2.99. The smallest absolute Gasteiger partial charge is 0.332 e. The number of benzene rings is 2. The van der Waals surface area contributed by atoms with E-state index in [-0.39, 0.29) is 5.56 Å². The molecule has 6 nitrogen and oxygen atoms in total. The van der Waals surface area contributed by atoms with Crippen molar-refractivity contribution in [3.05, 3.63) is 98.2 Å². The SMILES string of the molecule is Cn1c(N(CCc2ccccc2)Cc2ccccc2)c(C#N)c(=O)n(C)c1=O. The number of hydrogen-bond acceptors (Lipinski definition) is 4. The number of nitriles is 1. The van der Waals surface area contributed by atoms with Gasteiger partial charge in [0.15, 0.2) is 5.56 Å². The van der Waals surface area contributed by atoms with Crippen molar-refractivity contribution in [1.29, 1.82) is 5.26 Å². The normalized spacial score (nSPS) is 10.5. The Morgan fingerprint density at radius 3 is 2.04 bits per heavy atom. The Kier molecular flexibility index (Phi) is 5.75. The minimum absolute atomic E-state index is 0.0198. The monoisotopic (exact) mass is 374 g/mol. The van der Waals surface area contributed by atoms with Crippen LogP contribution in [0.25, 0.3) is 0 Å². The first-order chi connectivity index (χ1) is 13.5. The predicted octanol–water partition coefficient (Wildman–Crippen LogP) is 2.20. The second-order valence-corrected chi connectivity index (χ2v) is 6.66. The van der Waals surface area contributed by atoms with Crippen LogP contribution < -0.4 is 16.1 Å². The van der Waals surface area contributed by atoms with Crippen molar-refractivity contribution in [3.8, 4) is 6.07 Å². The lowest BCUT2D eigenvalue weighted by Crippen LogP contribution is -2.43. The zero-order valence-electron chi connectivity index (χ0n) is 16.0. The summed E-state index contributed by atoms with van der Waals surface area (Å²) in [6.07, 6.45) is 0.724. The number of rotatable bonds is 6. The van der Waals surface area contributed by atoms with Crippen LogP contribution in [-0.2, 0) is 27.1 Å². The standard InChI is InChI=1S/C22H22N4O2/c1-24-20(19(15-23)21(27)25(2)22(24)28)26(16-18-11-7-4-8-12-18)14-13-17-9-5-3-6-10-17/h3-12H,13-14,16H2,1-2H3. The zero-order valence-corrected chi connectivity index (χ0v) is 16.0. The van der Waals surface area contributed by atoms with Crippen molar-refractivity contribution in [1.82, 2.24) is 9.13 Å². The molecule has 3 rings (SSSR count). The summed E-state index contributed by atoms with van der Waals surface area (Å²) in [5, 5.41) is 9.63. The Balaban J connectivity index is 2.07. The third-order valence-corrected chi connectivity index (χ3v) is 4.77. The van der Waals surface area contributed by atoms with Gasteiger partial charge in [0.1, 0.15) is 11.9 Å². The van der Waals surface area contributed by atoms with E-state index in [0.717, 1.165) is 22.1 Å². The van der Waals surface area contributed by atoms with Gasteiger partial charge in [0.25, 0.3) is 5.56 Å². The maximum absolute atomic E-state index is 12.5. The molecule has 0 spiro atoms. The summed E-state index contributed by atoms with van der Waals surface area (Å²) in [6, 6.07) is 21.8. The predicted molar refractivity (Wildman–Crippen MR) is 109 cm³/mol. The fourth-order valence-corrected chi connectivity index (χ4v) is 3.27. The number of hydrogen-bond donors (Lipinski definition) is 0. The molecule has 0 aliphatic rings. The van der Waals surface area contributed by atoms with Gasteiger partial charge in [-0.3, -0.25) is 13.9 Å². The average molecular weight is 374 g/mol. The van der Waals surface area contributed by atoms with Crippen molar-refractivity contribution >= 4 is 5.82 Å². The van der Waals surface area contributed by atoms with Gasteiger partial charge < -0.3 is 4.90 Å². The lowest BCUT2D eigenvalue weighted by molar-refractivity contribution is 0.648. The van der Waals surface area contributed by atoms with E-state index in [1.165, 1.54) is 11.6 Å². The third-order valence-electron chi connectivity index (χ3n) is 4.77. The van der Waals surface area contributed by atoms with Gasteiger partial charge in [-0.25, -0.2) is 4.79 Å². The molecule has 28 heavy (non-hydrogen) atoms. The maximum Gasteiger partial charge on any atom is 0.332 e. The second-order valence-electron chi connectivity index (χ2n) is 6.66. The highest BCUT2D eigenvalue weighted by atomic mass is 16.2. The molecule has 142 valence electrons. The first-order valence-electron chi connectivity index (χ1n) is 9.06. The Morgan fingerprint density at radius 1 is 0.893 bits per heavy atom. The van der Waals surface area contributed by atoms with Gasteiger partial charge in [0.2, 0.25) is 0 Å². The summed E-state index contributed by atoms with van der Waals surface area (Å²) in [4.78, 5) is 27.0. The van der Waals surface area contributed by atoms with Gasteiger partial charge in [0, 0.05) is 27.2 Å². The van der Waals surface area contributed by atoms with Crippen LogP contribution in [0.1, 0.15) is 16.7 Å². The van der Waals surface area contributed by atoms with E-state index in [1.54, 1.807) is 7.05 Å². The molecule has 0 N–H and O–H groups in total. The second kappa shape index (κ2) is 8.40. The van der Waals surface area contributed by atoms with Crippen molar-refractivity contribution in [3.63, 3.8) is 0 Å². The van der Waals surface area contributed by atoms with Crippen LogP contribution in [-0.4, -0.2) is 15.7 Å². The molecule has 0 fully saturated rings. The van der Waals surface area contributed by atoms with Crippen molar-refractivity contribution in [2.75, 3.05) is 11.4 Å². The molecular weight excluding hydrogens is 352 g/mol. The van der Waals surface area contributed by atoms with E-state index in [1.807, 2.05) is 71.6 Å². The Hall–Kier alpha value is -3.59. The highest BCUT2D eigenvalue weighted by molar-refractivity contribution is 5.54. The van der Waals surface area contributed by atoms with Gasteiger partial charge in [0.05, 0.1) is 0 Å². The summed E-state index contributed by atoms with van der Waals surface area (Å²) in [5.41, 5.74) is 1.14. The Bertz CT molecular complexity index is 1110. The summed E-state index contributed by atoms with van der Waals surface area (Å²) in [6.45, 7) is 1.05. The molecule has 0 aliphatic heterocycles. The molecule has 0 amide bonds. The molecule has 0 unspecified atom stereocenters. The molecule has 6 heteroatoms. The van der Waals surface area contributed by atoms with E-state index in [0.29, 0.717) is 18.9 Å². The lowest BCUT2D eigenvalue weighted by Gasteiger charge is -2.27. The Labute approximate surface area is 163 Å². The van der Waals surface area contributed by atoms with Crippen molar-refractivity contribution < 1.29 is 0 Å². The van der Waals surface area contributed by atoms with Crippen LogP contribution in [0.5, 0.6) is 0 Å². The van der Waals surface area contributed by atoms with Crippen LogP contribution in [0.3, 0.4) is 0 Å². The number of anilines is 1. The molecule has 1 heterocycles. The van der Waals surface area contributed by atoms with Gasteiger partial charge in [-0.15, -0.1) is 0 Å². The van der Waals surface area contributed by atoms with Gasteiger partial charge >= 0.3 is 5.69 Å². The molecule has 3 aromatic rings. The fourth-order valence-electron chi connectivity index (χ4n) is 3.27. The van der Waals surface area contributed by atoms with E-state index in [2.05, 4.69) is 0 Å². The first kappa shape index (κ1) is 19.2. The van der Waals surface area contributed by atoms with Crippen LogP contribution >= 0.6 is 0 Å². The molecule has 0 saturated heterocycles. The molecule has 0 atom stereocenters. The maximum atomic E-state index is 12.5. The van der Waals surface area contributed by atoms with Gasteiger partial charge in [-0.05, 0) is 17.5 Å². The van der Waals surface area contributed by atoms with Gasteiger partial charge in [-0.1, -0.05) is 60.7 Å². The van der Waals surface area contributed by atoms with E-state index >= 15 is 0 Å². The number of nitrogens with zero attached hydrogens (tertiary/aromatic N) is 4. The van der Waals surface area contributed by atoms with Crippen molar-refractivity contribution in [2.24, 2.45) is 14.1 Å². The van der Waals surface area contributed by atoms with Gasteiger partial charge in [-0.2, -0.15) is 5.26 Å². The van der Waals surface area contributed by atoms with Crippen molar-refractivity contribution in [2.45, 2.75) is 13.0 Å². The lowest BCUT2D eigenvalue weighted by atomic mass is 10.1. The minimum Gasteiger partial charge on any atom is -0.352 e. The van der Waals surface area contributed by atoms with Crippen LogP contribution in [0.2, 0.25) is 0 Å². The van der Waals surface area contributed by atoms with E-state index in [4.69, 9.17) is 0 Å². The average Bonchev–Trinajstić information content (AvgIpc) is 2.73. The molecule has 0 bridgehead atoms. The highest BCUT2D eigenvalue weighted by Crippen LogP contribution is 2.19. The third kappa shape index (κ3) is 3.89. The molecule has 0 radical (unpaired) electrons. The van der Waals surface area contributed by atoms with E-state index in [9.17, 15) is 14.9 Å². The molecule has 2 aromatic carbocycles. The van der Waals surface area contributed by atoms with Crippen LogP contribution in [0.4, 0.5) is 5.82 Å². The summed E-state index contributed by atoms with van der Waals surface area (Å²) >= 11 is 0. The molecule has 0 saturated carbocycles. The first-order valence-corrected chi connectivity index (χ1v) is 9.06. The molecule has 1 aromatic heterocycles. The Morgan fingerprint density at radius 2 is 1.46 bits per heavy atom. The summed E-state index contributed by atoms with van der Waals surface area (Å²) < 4.78 is 2.35. The molecule has 0 aliphatic carbocycles. The van der Waals surface area contributed by atoms with E-state index < -0.39 is 11.2 Å². The van der Waals surface area contributed by atoms with Crippen LogP contribution in [0.15, 0.2) is 70.3 Å². The fraction of sp³-hybridized carbons (Fsp3) is 0.227. The number of aromatic nitrogens is 2. The minimum atomic E-state index is -0.571. The topological polar surface area (TPSA) is 71.0 Å². The molecular formula is C22H22N4O2. The zero-order chi connectivity index (χ0) is 20.1. The quantitative estimate of drug-likeness (QED) is 0.663. The highest BCUT2D eigenvalue weighted by Gasteiger charge is 2.21. The van der Waals surface area contributed by atoms with Crippen LogP contribution in [0, 0.1) is 11.3 Å².